The first-order valence-corrected chi connectivity index (χ1v) is 7.94. The summed E-state index contributed by atoms with van der Waals surface area (Å²) < 4.78 is 0. The lowest BCUT2D eigenvalue weighted by Gasteiger charge is -2.32. The summed E-state index contributed by atoms with van der Waals surface area (Å²) in [6.45, 7) is 8.77. The highest BCUT2D eigenvalue weighted by molar-refractivity contribution is 5.29. The SMILES string of the molecule is CN1CCCCC(CN)C1c1ccc(C(C)(C)C)cc1. The van der Waals surface area contributed by atoms with Gasteiger partial charge in [-0.2, -0.15) is 0 Å². The molecule has 0 spiro atoms. The summed E-state index contributed by atoms with van der Waals surface area (Å²) in [5.74, 6) is 0.586. The van der Waals surface area contributed by atoms with Gasteiger partial charge in [0.1, 0.15) is 0 Å². The van der Waals surface area contributed by atoms with Gasteiger partial charge in [0.25, 0.3) is 0 Å². The minimum Gasteiger partial charge on any atom is -0.330 e. The summed E-state index contributed by atoms with van der Waals surface area (Å²) in [6.07, 6.45) is 3.86. The molecule has 0 saturated carbocycles. The van der Waals surface area contributed by atoms with Crippen molar-refractivity contribution >= 4 is 0 Å². The molecule has 1 heterocycles. The van der Waals surface area contributed by atoms with Crippen LogP contribution in [0.1, 0.15) is 57.2 Å². The van der Waals surface area contributed by atoms with E-state index in [-0.39, 0.29) is 5.41 Å². The molecule has 2 rings (SSSR count). The van der Waals surface area contributed by atoms with Gasteiger partial charge in [-0.15, -0.1) is 0 Å². The zero-order valence-corrected chi connectivity index (χ0v) is 13.5. The summed E-state index contributed by atoms with van der Waals surface area (Å²) in [5, 5.41) is 0. The topological polar surface area (TPSA) is 29.3 Å². The Bertz CT molecular complexity index is 416. The molecule has 0 aromatic heterocycles. The van der Waals surface area contributed by atoms with Crippen molar-refractivity contribution in [1.29, 1.82) is 0 Å². The van der Waals surface area contributed by atoms with Crippen LogP contribution >= 0.6 is 0 Å². The standard InChI is InChI=1S/C18H30N2/c1-18(2,3)16-10-8-14(9-11-16)17-15(13-19)7-5-6-12-20(17)4/h8-11,15,17H,5-7,12-13,19H2,1-4H3. The third-order valence-electron chi connectivity index (χ3n) is 4.68. The van der Waals surface area contributed by atoms with E-state index in [0.717, 1.165) is 6.54 Å². The Kier molecular flexibility index (Phi) is 4.87. The van der Waals surface area contributed by atoms with E-state index in [9.17, 15) is 0 Å². The molecule has 1 saturated heterocycles. The van der Waals surface area contributed by atoms with E-state index in [1.165, 1.54) is 36.9 Å². The summed E-state index contributed by atoms with van der Waals surface area (Å²) in [4.78, 5) is 2.50. The maximum atomic E-state index is 6.04. The minimum absolute atomic E-state index is 0.223. The van der Waals surface area contributed by atoms with Gasteiger partial charge in [-0.25, -0.2) is 0 Å². The van der Waals surface area contributed by atoms with Gasteiger partial charge in [0.15, 0.2) is 0 Å². The van der Waals surface area contributed by atoms with Crippen LogP contribution in [0.4, 0.5) is 0 Å². The lowest BCUT2D eigenvalue weighted by atomic mass is 9.84. The van der Waals surface area contributed by atoms with Crippen molar-refractivity contribution in [2.24, 2.45) is 11.7 Å². The minimum atomic E-state index is 0.223. The molecular formula is C18H30N2. The molecule has 1 aliphatic heterocycles. The van der Waals surface area contributed by atoms with E-state index in [4.69, 9.17) is 5.73 Å². The van der Waals surface area contributed by atoms with Gasteiger partial charge in [-0.3, -0.25) is 4.90 Å². The number of likely N-dealkylation sites (tertiary alicyclic amines) is 1. The average Bonchev–Trinajstić information content (AvgIpc) is 2.59. The zero-order chi connectivity index (χ0) is 14.8. The van der Waals surface area contributed by atoms with E-state index in [0.29, 0.717) is 12.0 Å². The molecule has 2 heteroatoms. The van der Waals surface area contributed by atoms with Crippen LogP contribution < -0.4 is 5.73 Å². The summed E-state index contributed by atoms with van der Waals surface area (Å²) in [5.41, 5.74) is 9.09. The molecule has 2 atom stereocenters. The van der Waals surface area contributed by atoms with Gasteiger partial charge < -0.3 is 5.73 Å². The van der Waals surface area contributed by atoms with Crippen molar-refractivity contribution in [3.8, 4) is 0 Å². The van der Waals surface area contributed by atoms with E-state index in [1.54, 1.807) is 0 Å². The van der Waals surface area contributed by atoms with Crippen LogP contribution in [0.25, 0.3) is 0 Å². The Hall–Kier alpha value is -0.860. The smallest absolute Gasteiger partial charge is 0.0385 e. The first-order chi connectivity index (χ1) is 9.43. The summed E-state index contributed by atoms with van der Waals surface area (Å²) in [6, 6.07) is 9.70. The largest absolute Gasteiger partial charge is 0.330 e. The van der Waals surface area contributed by atoms with Crippen molar-refractivity contribution < 1.29 is 0 Å². The molecule has 1 fully saturated rings. The van der Waals surface area contributed by atoms with Crippen LogP contribution in [0.3, 0.4) is 0 Å². The van der Waals surface area contributed by atoms with Crippen molar-refractivity contribution in [3.05, 3.63) is 35.4 Å². The number of nitrogens with zero attached hydrogens (tertiary/aromatic N) is 1. The van der Waals surface area contributed by atoms with Crippen LogP contribution in [0, 0.1) is 5.92 Å². The molecule has 112 valence electrons. The average molecular weight is 274 g/mol. The van der Waals surface area contributed by atoms with E-state index >= 15 is 0 Å². The van der Waals surface area contributed by atoms with Crippen molar-refractivity contribution in [2.45, 2.75) is 51.5 Å². The first-order valence-electron chi connectivity index (χ1n) is 7.94. The zero-order valence-electron chi connectivity index (χ0n) is 13.5. The molecule has 1 aliphatic rings. The van der Waals surface area contributed by atoms with Crippen LogP contribution in [-0.4, -0.2) is 25.0 Å². The lowest BCUT2D eigenvalue weighted by Crippen LogP contribution is -2.33. The fourth-order valence-corrected chi connectivity index (χ4v) is 3.38. The molecule has 0 bridgehead atoms. The van der Waals surface area contributed by atoms with E-state index < -0.39 is 0 Å². The molecule has 1 aromatic carbocycles. The quantitative estimate of drug-likeness (QED) is 0.890. The van der Waals surface area contributed by atoms with Gasteiger partial charge in [0.2, 0.25) is 0 Å². The molecule has 0 amide bonds. The van der Waals surface area contributed by atoms with Gasteiger partial charge in [0.05, 0.1) is 0 Å². The summed E-state index contributed by atoms with van der Waals surface area (Å²) in [7, 11) is 2.25. The lowest BCUT2D eigenvalue weighted by molar-refractivity contribution is 0.196. The Labute approximate surface area is 124 Å². The summed E-state index contributed by atoms with van der Waals surface area (Å²) >= 11 is 0. The Morgan fingerprint density at radius 3 is 2.35 bits per heavy atom. The predicted octanol–water partition coefficient (Wildman–Crippen LogP) is 3.72. The van der Waals surface area contributed by atoms with Crippen LogP contribution in [0.2, 0.25) is 0 Å². The van der Waals surface area contributed by atoms with Crippen LogP contribution in [0.15, 0.2) is 24.3 Å². The molecule has 2 unspecified atom stereocenters. The van der Waals surface area contributed by atoms with E-state index in [2.05, 4.69) is 57.0 Å². The highest BCUT2D eigenvalue weighted by Gasteiger charge is 2.28. The highest BCUT2D eigenvalue weighted by atomic mass is 15.1. The van der Waals surface area contributed by atoms with Crippen molar-refractivity contribution in [1.82, 2.24) is 4.90 Å². The fourth-order valence-electron chi connectivity index (χ4n) is 3.38. The monoisotopic (exact) mass is 274 g/mol. The maximum Gasteiger partial charge on any atom is 0.0385 e. The fraction of sp³-hybridized carbons (Fsp3) is 0.667. The molecule has 0 aliphatic carbocycles. The Morgan fingerprint density at radius 2 is 1.80 bits per heavy atom. The normalized spacial score (nSPS) is 25.4. The number of nitrogens with two attached hydrogens (primary N) is 1. The number of hydrogen-bond acceptors (Lipinski definition) is 2. The van der Waals surface area contributed by atoms with Crippen LogP contribution in [-0.2, 0) is 5.41 Å². The second-order valence-corrected chi connectivity index (χ2v) is 7.29. The van der Waals surface area contributed by atoms with Crippen molar-refractivity contribution in [3.63, 3.8) is 0 Å². The Morgan fingerprint density at radius 1 is 1.15 bits per heavy atom. The molecule has 0 radical (unpaired) electrons. The van der Waals surface area contributed by atoms with Crippen molar-refractivity contribution in [2.75, 3.05) is 20.1 Å². The molecule has 20 heavy (non-hydrogen) atoms. The van der Waals surface area contributed by atoms with Gasteiger partial charge in [-0.1, -0.05) is 51.5 Å². The number of rotatable bonds is 2. The Balaban J connectivity index is 2.27. The number of hydrogen-bond donors (Lipinski definition) is 1. The van der Waals surface area contributed by atoms with Gasteiger partial charge >= 0.3 is 0 Å². The second-order valence-electron chi connectivity index (χ2n) is 7.29. The molecular weight excluding hydrogens is 244 g/mol. The maximum absolute atomic E-state index is 6.04. The van der Waals surface area contributed by atoms with Gasteiger partial charge in [-0.05, 0) is 55.4 Å². The van der Waals surface area contributed by atoms with Gasteiger partial charge in [0, 0.05) is 6.04 Å². The molecule has 2 N–H and O–H groups in total. The highest BCUT2D eigenvalue weighted by Crippen LogP contribution is 2.34. The van der Waals surface area contributed by atoms with E-state index in [1.807, 2.05) is 0 Å². The molecule has 1 aromatic rings. The predicted molar refractivity (Wildman–Crippen MR) is 86.9 cm³/mol. The third kappa shape index (κ3) is 3.42. The first kappa shape index (κ1) is 15.5. The number of benzene rings is 1. The van der Waals surface area contributed by atoms with Crippen LogP contribution in [0.5, 0.6) is 0 Å². The molecule has 2 nitrogen and oxygen atoms in total. The third-order valence-corrected chi connectivity index (χ3v) is 4.68. The second kappa shape index (κ2) is 6.28.